The van der Waals surface area contributed by atoms with Gasteiger partial charge in [0.05, 0.1) is 5.54 Å². The van der Waals surface area contributed by atoms with Crippen molar-refractivity contribution in [3.05, 3.63) is 48.0 Å². The topological polar surface area (TPSA) is 38.4 Å². The zero-order chi connectivity index (χ0) is 12.6. The maximum atomic E-state index is 5.87. The molecule has 2 N–H and O–H groups in total. The van der Waals surface area contributed by atoms with Crippen molar-refractivity contribution in [3.8, 4) is 0 Å². The molecule has 3 heteroatoms. The Morgan fingerprint density at radius 3 is 2.72 bits per heavy atom. The quantitative estimate of drug-likeness (QED) is 0.848. The fourth-order valence-corrected chi connectivity index (χ4v) is 3.39. The lowest BCUT2D eigenvalue weighted by Crippen LogP contribution is -2.28. The SMILES string of the molecule is C[C@@]1(c2ccc3ccccc3c2)CCSC(N)=N1. The Bertz CT molecular complexity index is 621. The summed E-state index contributed by atoms with van der Waals surface area (Å²) in [6, 6.07) is 15.0. The molecule has 1 aliphatic rings. The molecule has 0 bridgehead atoms. The van der Waals surface area contributed by atoms with E-state index in [4.69, 9.17) is 5.73 Å². The van der Waals surface area contributed by atoms with Gasteiger partial charge >= 0.3 is 0 Å². The average Bonchev–Trinajstić information content (AvgIpc) is 2.38. The van der Waals surface area contributed by atoms with Crippen LogP contribution in [0.3, 0.4) is 0 Å². The molecule has 2 aromatic carbocycles. The van der Waals surface area contributed by atoms with Crippen molar-refractivity contribution >= 4 is 27.7 Å². The summed E-state index contributed by atoms with van der Waals surface area (Å²) in [5, 5.41) is 3.24. The van der Waals surface area contributed by atoms with Gasteiger partial charge in [0.2, 0.25) is 0 Å². The van der Waals surface area contributed by atoms with Gasteiger partial charge < -0.3 is 5.73 Å². The predicted molar refractivity (Wildman–Crippen MR) is 80.0 cm³/mol. The maximum Gasteiger partial charge on any atom is 0.154 e. The summed E-state index contributed by atoms with van der Waals surface area (Å²) in [6.45, 7) is 2.17. The van der Waals surface area contributed by atoms with Gasteiger partial charge in [0, 0.05) is 5.75 Å². The number of amidine groups is 1. The van der Waals surface area contributed by atoms with Gasteiger partial charge in [-0.1, -0.05) is 48.2 Å². The van der Waals surface area contributed by atoms with Crippen molar-refractivity contribution in [1.82, 2.24) is 0 Å². The molecule has 0 fully saturated rings. The molecule has 0 saturated carbocycles. The Balaban J connectivity index is 2.11. The Morgan fingerprint density at radius 1 is 1.17 bits per heavy atom. The number of thioether (sulfide) groups is 1. The first-order valence-corrected chi connectivity index (χ1v) is 7.13. The number of hydrogen-bond donors (Lipinski definition) is 1. The van der Waals surface area contributed by atoms with Gasteiger partial charge in [0.1, 0.15) is 0 Å². The third-order valence-corrected chi connectivity index (χ3v) is 4.36. The fourth-order valence-electron chi connectivity index (χ4n) is 2.42. The van der Waals surface area contributed by atoms with E-state index in [0.717, 1.165) is 12.2 Å². The highest BCUT2D eigenvalue weighted by atomic mass is 32.2. The van der Waals surface area contributed by atoms with Crippen LogP contribution in [0, 0.1) is 0 Å². The minimum atomic E-state index is -0.167. The molecule has 2 aromatic rings. The molecular weight excluding hydrogens is 240 g/mol. The standard InChI is InChI=1S/C15H16N2S/c1-15(8-9-18-14(16)17-15)13-7-6-11-4-2-3-5-12(11)10-13/h2-7,10H,8-9H2,1H3,(H2,16,17)/t15-/m0/s1. The number of nitrogens with zero attached hydrogens (tertiary/aromatic N) is 1. The van der Waals surface area contributed by atoms with Crippen LogP contribution in [-0.2, 0) is 5.54 Å². The molecule has 0 radical (unpaired) electrons. The van der Waals surface area contributed by atoms with Gasteiger partial charge in [0.25, 0.3) is 0 Å². The summed E-state index contributed by atoms with van der Waals surface area (Å²) in [4.78, 5) is 4.65. The molecule has 0 amide bonds. The molecular formula is C15H16N2S. The second kappa shape index (κ2) is 4.32. The number of rotatable bonds is 1. The first kappa shape index (κ1) is 11.6. The van der Waals surface area contributed by atoms with Crippen molar-refractivity contribution in [2.75, 3.05) is 5.75 Å². The smallest absolute Gasteiger partial charge is 0.154 e. The Kier molecular flexibility index (Phi) is 2.78. The lowest BCUT2D eigenvalue weighted by Gasteiger charge is -2.30. The lowest BCUT2D eigenvalue weighted by molar-refractivity contribution is 0.482. The van der Waals surface area contributed by atoms with Gasteiger partial charge in [-0.15, -0.1) is 0 Å². The first-order chi connectivity index (χ1) is 8.67. The van der Waals surface area contributed by atoms with E-state index in [0.29, 0.717) is 5.17 Å². The molecule has 0 aliphatic carbocycles. The molecule has 3 rings (SSSR count). The van der Waals surface area contributed by atoms with Gasteiger partial charge in [-0.25, -0.2) is 0 Å². The average molecular weight is 256 g/mol. The first-order valence-electron chi connectivity index (χ1n) is 6.15. The van der Waals surface area contributed by atoms with E-state index < -0.39 is 0 Å². The van der Waals surface area contributed by atoms with Crippen LogP contribution in [0.15, 0.2) is 47.5 Å². The summed E-state index contributed by atoms with van der Waals surface area (Å²) in [6.07, 6.45) is 1.04. The van der Waals surface area contributed by atoms with Crippen molar-refractivity contribution in [2.45, 2.75) is 18.9 Å². The largest absolute Gasteiger partial charge is 0.379 e. The van der Waals surface area contributed by atoms with Crippen molar-refractivity contribution in [1.29, 1.82) is 0 Å². The summed E-state index contributed by atoms with van der Waals surface area (Å²) < 4.78 is 0. The van der Waals surface area contributed by atoms with E-state index in [1.807, 2.05) is 0 Å². The number of nitrogens with two attached hydrogens (primary N) is 1. The molecule has 1 heterocycles. The number of benzene rings is 2. The molecule has 1 atom stereocenters. The van der Waals surface area contributed by atoms with Gasteiger partial charge in [0.15, 0.2) is 5.17 Å². The number of aliphatic imine (C=N–C) groups is 1. The van der Waals surface area contributed by atoms with E-state index in [2.05, 4.69) is 54.4 Å². The molecule has 18 heavy (non-hydrogen) atoms. The molecule has 0 unspecified atom stereocenters. The third kappa shape index (κ3) is 1.99. The predicted octanol–water partition coefficient (Wildman–Crippen LogP) is 3.51. The van der Waals surface area contributed by atoms with Crippen molar-refractivity contribution < 1.29 is 0 Å². The van der Waals surface area contributed by atoms with E-state index >= 15 is 0 Å². The van der Waals surface area contributed by atoms with Crippen LogP contribution in [0.2, 0.25) is 0 Å². The lowest BCUT2D eigenvalue weighted by atomic mass is 9.88. The normalized spacial score (nSPS) is 23.9. The molecule has 2 nitrogen and oxygen atoms in total. The van der Waals surface area contributed by atoms with Gasteiger partial charge in [-0.3, -0.25) is 4.99 Å². The Morgan fingerprint density at radius 2 is 1.94 bits per heavy atom. The minimum absolute atomic E-state index is 0.167. The van der Waals surface area contributed by atoms with Crippen LogP contribution in [0.25, 0.3) is 10.8 Å². The van der Waals surface area contributed by atoms with Crippen LogP contribution >= 0.6 is 11.8 Å². The van der Waals surface area contributed by atoms with E-state index in [9.17, 15) is 0 Å². The van der Waals surface area contributed by atoms with Crippen molar-refractivity contribution in [2.24, 2.45) is 10.7 Å². The van der Waals surface area contributed by atoms with Crippen LogP contribution in [-0.4, -0.2) is 10.9 Å². The molecule has 92 valence electrons. The summed E-state index contributed by atoms with van der Waals surface area (Å²) >= 11 is 1.65. The van der Waals surface area contributed by atoms with Gasteiger partial charge in [-0.2, -0.15) is 0 Å². The van der Waals surface area contributed by atoms with E-state index in [1.165, 1.54) is 16.3 Å². The molecule has 0 saturated heterocycles. The van der Waals surface area contributed by atoms with E-state index in [-0.39, 0.29) is 5.54 Å². The number of hydrogen-bond acceptors (Lipinski definition) is 3. The molecule has 0 aromatic heterocycles. The zero-order valence-electron chi connectivity index (χ0n) is 10.4. The van der Waals surface area contributed by atoms with Crippen LogP contribution in [0.4, 0.5) is 0 Å². The van der Waals surface area contributed by atoms with E-state index in [1.54, 1.807) is 11.8 Å². The molecule has 0 spiro atoms. The minimum Gasteiger partial charge on any atom is -0.379 e. The number of fused-ring (bicyclic) bond motifs is 1. The van der Waals surface area contributed by atoms with Crippen LogP contribution in [0.1, 0.15) is 18.9 Å². The Labute approximate surface area is 111 Å². The highest BCUT2D eigenvalue weighted by Gasteiger charge is 2.29. The zero-order valence-corrected chi connectivity index (χ0v) is 11.2. The van der Waals surface area contributed by atoms with Crippen LogP contribution in [0.5, 0.6) is 0 Å². The summed E-state index contributed by atoms with van der Waals surface area (Å²) in [5.74, 6) is 1.04. The molecule has 1 aliphatic heterocycles. The highest BCUT2D eigenvalue weighted by Crippen LogP contribution is 2.36. The highest BCUT2D eigenvalue weighted by molar-refractivity contribution is 8.13. The maximum absolute atomic E-state index is 5.87. The second-order valence-corrected chi connectivity index (χ2v) is 6.00. The Hall–Kier alpha value is -1.48. The summed E-state index contributed by atoms with van der Waals surface area (Å²) in [7, 11) is 0. The summed E-state index contributed by atoms with van der Waals surface area (Å²) in [5.41, 5.74) is 6.96. The second-order valence-electron chi connectivity index (χ2n) is 4.88. The van der Waals surface area contributed by atoms with Crippen LogP contribution < -0.4 is 5.73 Å². The fraction of sp³-hybridized carbons (Fsp3) is 0.267. The van der Waals surface area contributed by atoms with Crippen molar-refractivity contribution in [3.63, 3.8) is 0 Å². The van der Waals surface area contributed by atoms with Gasteiger partial charge in [-0.05, 0) is 35.7 Å². The third-order valence-electron chi connectivity index (χ3n) is 3.57. The monoisotopic (exact) mass is 256 g/mol.